The lowest BCUT2D eigenvalue weighted by Gasteiger charge is -2.06. The molecule has 0 aliphatic heterocycles. The molecule has 0 atom stereocenters. The average Bonchev–Trinajstić information content (AvgIpc) is 2.02. The molecule has 76 valence electrons. The lowest BCUT2D eigenvalue weighted by atomic mass is 10.2. The van der Waals surface area contributed by atoms with Crippen LogP contribution < -0.4 is 0 Å². The molecular formula is C8H6ClF2NO2. The summed E-state index contributed by atoms with van der Waals surface area (Å²) in [4.78, 5) is 14.0. The highest BCUT2D eigenvalue weighted by Gasteiger charge is 2.19. The van der Waals surface area contributed by atoms with Crippen molar-refractivity contribution in [2.45, 2.75) is 13.3 Å². The zero-order chi connectivity index (χ0) is 10.9. The highest BCUT2D eigenvalue weighted by Crippen LogP contribution is 2.28. The number of pyridine rings is 1. The van der Waals surface area contributed by atoms with E-state index in [1.807, 2.05) is 0 Å². The van der Waals surface area contributed by atoms with Gasteiger partial charge >= 0.3 is 0 Å². The van der Waals surface area contributed by atoms with E-state index in [-0.39, 0.29) is 11.3 Å². The summed E-state index contributed by atoms with van der Waals surface area (Å²) in [5, 5.41) is 8.14. The van der Waals surface area contributed by atoms with Gasteiger partial charge in [0.25, 0.3) is 11.7 Å². The Morgan fingerprint density at radius 3 is 2.64 bits per heavy atom. The molecule has 0 radical (unpaired) electrons. The smallest absolute Gasteiger partial charge is 0.284 e. The molecule has 0 bridgehead atoms. The molecule has 3 nitrogen and oxygen atoms in total. The lowest BCUT2D eigenvalue weighted by molar-refractivity contribution is 0.107. The van der Waals surface area contributed by atoms with Gasteiger partial charge in [-0.15, -0.1) is 0 Å². The number of alkyl halides is 2. The summed E-state index contributed by atoms with van der Waals surface area (Å²) in [7, 11) is 0. The SMILES string of the molecule is Cc1cc(O)c(C(F)F)nc1C(=O)Cl. The molecule has 1 N–H and O–H groups in total. The fraction of sp³-hybridized carbons (Fsp3) is 0.250. The third kappa shape index (κ3) is 1.98. The molecule has 0 aromatic carbocycles. The minimum atomic E-state index is -2.94. The van der Waals surface area contributed by atoms with Gasteiger partial charge in [-0.1, -0.05) is 0 Å². The van der Waals surface area contributed by atoms with Gasteiger partial charge < -0.3 is 5.11 Å². The highest BCUT2D eigenvalue weighted by atomic mass is 35.5. The summed E-state index contributed by atoms with van der Waals surface area (Å²) in [6.45, 7) is 1.44. The van der Waals surface area contributed by atoms with E-state index in [1.165, 1.54) is 6.92 Å². The molecule has 1 aromatic heterocycles. The van der Waals surface area contributed by atoms with Crippen LogP contribution >= 0.6 is 11.6 Å². The highest BCUT2D eigenvalue weighted by molar-refractivity contribution is 6.67. The summed E-state index contributed by atoms with van der Waals surface area (Å²) in [6, 6.07) is 1.03. The van der Waals surface area contributed by atoms with Crippen molar-refractivity contribution in [3.63, 3.8) is 0 Å². The fourth-order valence-corrected chi connectivity index (χ4v) is 1.16. The molecular weight excluding hydrogens is 216 g/mol. The second kappa shape index (κ2) is 3.88. The van der Waals surface area contributed by atoms with Gasteiger partial charge in [0, 0.05) is 0 Å². The Bertz CT molecular complexity index is 382. The molecule has 1 heterocycles. The van der Waals surface area contributed by atoms with Crippen LogP contribution in [0.15, 0.2) is 6.07 Å². The number of hydrogen-bond acceptors (Lipinski definition) is 3. The van der Waals surface area contributed by atoms with Gasteiger partial charge in [0.15, 0.2) is 0 Å². The third-order valence-corrected chi connectivity index (χ3v) is 1.79. The number of aromatic nitrogens is 1. The number of rotatable bonds is 2. The summed E-state index contributed by atoms with van der Waals surface area (Å²) in [5.41, 5.74) is -0.841. The van der Waals surface area contributed by atoms with Crippen molar-refractivity contribution < 1.29 is 18.7 Å². The van der Waals surface area contributed by atoms with Gasteiger partial charge in [-0.05, 0) is 30.2 Å². The van der Waals surface area contributed by atoms with Crippen molar-refractivity contribution in [1.29, 1.82) is 0 Å². The minimum Gasteiger partial charge on any atom is -0.506 e. The fourth-order valence-electron chi connectivity index (χ4n) is 0.973. The zero-order valence-electron chi connectivity index (χ0n) is 7.09. The molecule has 14 heavy (non-hydrogen) atoms. The van der Waals surface area contributed by atoms with E-state index >= 15 is 0 Å². The second-order valence-corrected chi connectivity index (χ2v) is 2.98. The normalized spacial score (nSPS) is 10.6. The molecule has 0 amide bonds. The van der Waals surface area contributed by atoms with Crippen LogP contribution in [0.5, 0.6) is 5.75 Å². The first-order valence-corrected chi connectivity index (χ1v) is 3.99. The Balaban J connectivity index is 3.34. The van der Waals surface area contributed by atoms with E-state index in [1.54, 1.807) is 0 Å². The van der Waals surface area contributed by atoms with E-state index in [0.29, 0.717) is 0 Å². The Hall–Kier alpha value is -1.23. The quantitative estimate of drug-likeness (QED) is 0.781. The standard InChI is InChI=1S/C8H6ClF2NO2/c1-3-2-4(13)6(8(10)11)12-5(3)7(9)14/h2,8,13H,1H3. The molecule has 0 fully saturated rings. The van der Waals surface area contributed by atoms with Crippen LogP contribution in [0.25, 0.3) is 0 Å². The number of aromatic hydroxyl groups is 1. The average molecular weight is 222 g/mol. The van der Waals surface area contributed by atoms with E-state index in [2.05, 4.69) is 4.98 Å². The van der Waals surface area contributed by atoms with Crippen LogP contribution in [0.2, 0.25) is 0 Å². The molecule has 1 aromatic rings. The summed E-state index contributed by atoms with van der Waals surface area (Å²) < 4.78 is 24.5. The summed E-state index contributed by atoms with van der Waals surface area (Å²) in [5.74, 6) is -0.640. The molecule has 0 unspecified atom stereocenters. The van der Waals surface area contributed by atoms with Gasteiger partial charge in [-0.2, -0.15) is 0 Å². The molecule has 0 saturated carbocycles. The Morgan fingerprint density at radius 2 is 2.21 bits per heavy atom. The number of hydrogen-bond donors (Lipinski definition) is 1. The number of nitrogens with zero attached hydrogens (tertiary/aromatic N) is 1. The van der Waals surface area contributed by atoms with Crippen LogP contribution in [0.3, 0.4) is 0 Å². The number of carbonyl (C=O) groups excluding carboxylic acids is 1. The summed E-state index contributed by atoms with van der Waals surface area (Å²) >= 11 is 5.11. The first kappa shape index (κ1) is 10.8. The monoisotopic (exact) mass is 221 g/mol. The van der Waals surface area contributed by atoms with Gasteiger partial charge in [0.05, 0.1) is 0 Å². The topological polar surface area (TPSA) is 50.2 Å². The Labute approximate surface area is 83.3 Å². The van der Waals surface area contributed by atoms with Crippen molar-refractivity contribution in [1.82, 2.24) is 4.98 Å². The van der Waals surface area contributed by atoms with Crippen molar-refractivity contribution in [2.24, 2.45) is 0 Å². The van der Waals surface area contributed by atoms with Gasteiger partial charge in [0.1, 0.15) is 17.1 Å². The predicted octanol–water partition coefficient (Wildman–Crippen LogP) is 2.41. The molecule has 6 heteroatoms. The van der Waals surface area contributed by atoms with Gasteiger partial charge in [0.2, 0.25) is 0 Å². The molecule has 0 aliphatic carbocycles. The molecule has 0 aliphatic rings. The second-order valence-electron chi connectivity index (χ2n) is 2.63. The Morgan fingerprint density at radius 1 is 1.64 bits per heavy atom. The minimum absolute atomic E-state index is 0.256. The number of carbonyl (C=O) groups is 1. The maximum Gasteiger partial charge on any atom is 0.284 e. The zero-order valence-corrected chi connectivity index (χ0v) is 7.85. The van der Waals surface area contributed by atoms with Crippen LogP contribution in [-0.2, 0) is 0 Å². The Kier molecular flexibility index (Phi) is 3.00. The van der Waals surface area contributed by atoms with Crippen LogP contribution in [0.1, 0.15) is 28.2 Å². The first-order chi connectivity index (χ1) is 6.43. The predicted molar refractivity (Wildman–Crippen MR) is 45.8 cm³/mol. The van der Waals surface area contributed by atoms with E-state index in [9.17, 15) is 13.6 Å². The van der Waals surface area contributed by atoms with Crippen molar-refractivity contribution >= 4 is 16.8 Å². The van der Waals surface area contributed by atoms with Gasteiger partial charge in [-0.3, -0.25) is 4.79 Å². The van der Waals surface area contributed by atoms with Crippen LogP contribution in [0, 0.1) is 6.92 Å². The number of halogens is 3. The van der Waals surface area contributed by atoms with Crippen LogP contribution in [-0.4, -0.2) is 15.3 Å². The largest absolute Gasteiger partial charge is 0.506 e. The van der Waals surface area contributed by atoms with E-state index in [4.69, 9.17) is 16.7 Å². The lowest BCUT2D eigenvalue weighted by Crippen LogP contribution is -2.02. The third-order valence-electron chi connectivity index (χ3n) is 1.61. The van der Waals surface area contributed by atoms with Gasteiger partial charge in [-0.25, -0.2) is 13.8 Å². The van der Waals surface area contributed by atoms with Crippen molar-refractivity contribution in [3.05, 3.63) is 23.0 Å². The number of aryl methyl sites for hydroxylation is 1. The van der Waals surface area contributed by atoms with Crippen molar-refractivity contribution in [3.8, 4) is 5.75 Å². The van der Waals surface area contributed by atoms with Crippen molar-refractivity contribution in [2.75, 3.05) is 0 Å². The van der Waals surface area contributed by atoms with E-state index in [0.717, 1.165) is 6.07 Å². The maximum atomic E-state index is 12.2. The van der Waals surface area contributed by atoms with E-state index < -0.39 is 23.1 Å². The first-order valence-electron chi connectivity index (χ1n) is 3.62. The molecule has 0 spiro atoms. The summed E-state index contributed by atoms with van der Waals surface area (Å²) in [6.07, 6.45) is -2.94. The molecule has 1 rings (SSSR count). The van der Waals surface area contributed by atoms with Crippen LogP contribution in [0.4, 0.5) is 8.78 Å². The molecule has 0 saturated heterocycles. The maximum absolute atomic E-state index is 12.2.